The summed E-state index contributed by atoms with van der Waals surface area (Å²) in [5, 5.41) is 9.37. The lowest BCUT2D eigenvalue weighted by atomic mass is 10.3. The zero-order valence-corrected chi connectivity index (χ0v) is 20.4. The number of rotatable bonds is 10. The summed E-state index contributed by atoms with van der Waals surface area (Å²) in [5.74, 6) is 2.69. The molecule has 3 heterocycles. The van der Waals surface area contributed by atoms with E-state index in [-0.39, 0.29) is 4.90 Å². The summed E-state index contributed by atoms with van der Waals surface area (Å²) in [6.45, 7) is 7.27. The van der Waals surface area contributed by atoms with Gasteiger partial charge in [0.15, 0.2) is 10.9 Å². The molecule has 0 saturated carbocycles. The van der Waals surface area contributed by atoms with Crippen molar-refractivity contribution in [3.63, 3.8) is 0 Å². The first-order valence-electron chi connectivity index (χ1n) is 10.5. The molecule has 0 aliphatic carbocycles. The van der Waals surface area contributed by atoms with Crippen LogP contribution >= 0.6 is 11.8 Å². The van der Waals surface area contributed by atoms with E-state index in [9.17, 15) is 8.42 Å². The third kappa shape index (κ3) is 4.48. The second-order valence-electron chi connectivity index (χ2n) is 7.59. The van der Waals surface area contributed by atoms with Gasteiger partial charge < -0.3 is 8.98 Å². The maximum atomic E-state index is 12.6. The van der Waals surface area contributed by atoms with Gasteiger partial charge >= 0.3 is 0 Å². The second kappa shape index (κ2) is 9.54. The molecule has 0 saturated heterocycles. The molecule has 9 nitrogen and oxygen atoms in total. The molecule has 0 radical (unpaired) electrons. The van der Waals surface area contributed by atoms with E-state index in [0.29, 0.717) is 29.4 Å². The van der Waals surface area contributed by atoms with Crippen LogP contribution in [-0.2, 0) is 28.9 Å². The zero-order chi connectivity index (χ0) is 23.6. The summed E-state index contributed by atoms with van der Waals surface area (Å²) < 4.78 is 35.9. The Morgan fingerprint density at radius 1 is 1.21 bits per heavy atom. The number of aryl methyl sites for hydroxylation is 1. The van der Waals surface area contributed by atoms with Crippen LogP contribution in [-0.4, -0.2) is 51.1 Å². The minimum atomic E-state index is -3.53. The molecule has 0 bridgehead atoms. The van der Waals surface area contributed by atoms with Crippen molar-refractivity contribution in [3.05, 3.63) is 55.1 Å². The minimum Gasteiger partial charge on any atom is -0.461 e. The van der Waals surface area contributed by atoms with Crippen molar-refractivity contribution in [1.29, 1.82) is 0 Å². The molecular weight excluding hydrogens is 460 g/mol. The van der Waals surface area contributed by atoms with Gasteiger partial charge in [-0.05, 0) is 36.8 Å². The number of aromatic nitrogens is 5. The van der Waals surface area contributed by atoms with E-state index >= 15 is 0 Å². The molecule has 3 aromatic heterocycles. The summed E-state index contributed by atoms with van der Waals surface area (Å²) in [6, 6.07) is 8.77. The lowest BCUT2D eigenvalue weighted by molar-refractivity contribution is 0.521. The van der Waals surface area contributed by atoms with Crippen molar-refractivity contribution in [2.45, 2.75) is 42.2 Å². The lowest BCUT2D eigenvalue weighted by Gasteiger charge is -2.11. The monoisotopic (exact) mass is 486 g/mol. The summed E-state index contributed by atoms with van der Waals surface area (Å²) >= 11 is 1.52. The molecule has 0 aliphatic rings. The van der Waals surface area contributed by atoms with E-state index in [1.807, 2.05) is 22.8 Å². The van der Waals surface area contributed by atoms with Crippen molar-refractivity contribution in [2.24, 2.45) is 0 Å². The number of imidazole rings is 1. The number of furan rings is 1. The first-order chi connectivity index (χ1) is 15.9. The maximum Gasteiger partial charge on any atom is 0.242 e. The Kier molecular flexibility index (Phi) is 6.73. The van der Waals surface area contributed by atoms with Gasteiger partial charge in [0, 0.05) is 27.2 Å². The first-order valence-corrected chi connectivity index (χ1v) is 12.9. The Labute approximate surface area is 197 Å². The Morgan fingerprint density at radius 2 is 2.03 bits per heavy atom. The van der Waals surface area contributed by atoms with Gasteiger partial charge in [-0.3, -0.25) is 4.57 Å². The molecule has 0 fully saturated rings. The average molecular weight is 487 g/mol. The molecule has 4 rings (SSSR count). The number of fused-ring (bicyclic) bond motifs is 1. The quantitative estimate of drug-likeness (QED) is 0.246. The first kappa shape index (κ1) is 23.3. The van der Waals surface area contributed by atoms with Crippen LogP contribution in [0.25, 0.3) is 22.6 Å². The molecule has 33 heavy (non-hydrogen) atoms. The van der Waals surface area contributed by atoms with Crippen molar-refractivity contribution in [2.75, 3.05) is 14.1 Å². The fourth-order valence-electron chi connectivity index (χ4n) is 3.52. The summed E-state index contributed by atoms with van der Waals surface area (Å²) in [4.78, 5) is 5.01. The average Bonchev–Trinajstić information content (AvgIpc) is 3.52. The third-order valence-electron chi connectivity index (χ3n) is 5.12. The van der Waals surface area contributed by atoms with Gasteiger partial charge in [-0.2, -0.15) is 0 Å². The number of hydrogen-bond acceptors (Lipinski definition) is 7. The van der Waals surface area contributed by atoms with Crippen LogP contribution < -0.4 is 0 Å². The molecule has 0 spiro atoms. The molecule has 11 heteroatoms. The van der Waals surface area contributed by atoms with Crippen LogP contribution in [0.5, 0.6) is 0 Å². The van der Waals surface area contributed by atoms with E-state index in [4.69, 9.17) is 9.40 Å². The molecule has 0 atom stereocenters. The topological polar surface area (TPSA) is 99.1 Å². The lowest BCUT2D eigenvalue weighted by Crippen LogP contribution is -2.22. The number of hydrogen-bond donors (Lipinski definition) is 0. The highest BCUT2D eigenvalue weighted by Crippen LogP contribution is 2.29. The Hall–Kier alpha value is -2.89. The minimum absolute atomic E-state index is 0.231. The van der Waals surface area contributed by atoms with E-state index in [0.717, 1.165) is 29.5 Å². The summed E-state index contributed by atoms with van der Waals surface area (Å²) in [7, 11) is -0.488. The van der Waals surface area contributed by atoms with Crippen molar-refractivity contribution < 1.29 is 12.8 Å². The van der Waals surface area contributed by atoms with Crippen molar-refractivity contribution in [3.8, 4) is 11.6 Å². The van der Waals surface area contributed by atoms with E-state index in [1.165, 1.54) is 30.2 Å². The van der Waals surface area contributed by atoms with Crippen LogP contribution in [0.3, 0.4) is 0 Å². The van der Waals surface area contributed by atoms with Gasteiger partial charge in [-0.25, -0.2) is 17.7 Å². The Balaban J connectivity index is 1.67. The Bertz CT molecular complexity index is 1370. The smallest absolute Gasteiger partial charge is 0.242 e. The fraction of sp³-hybridized carbons (Fsp3) is 0.318. The largest absolute Gasteiger partial charge is 0.461 e. The molecule has 0 unspecified atom stereocenters. The van der Waals surface area contributed by atoms with Crippen LogP contribution in [0.4, 0.5) is 0 Å². The number of thioether (sulfide) groups is 1. The van der Waals surface area contributed by atoms with Gasteiger partial charge in [0.25, 0.3) is 0 Å². The number of nitrogens with zero attached hydrogens (tertiary/aromatic N) is 6. The van der Waals surface area contributed by atoms with Crippen molar-refractivity contribution >= 4 is 32.8 Å². The SMILES string of the molecule is C=CCn1c(SCc2nc3cc(S(=O)(=O)N(C)C)ccc3n2CCC)nnc1-c1ccco1. The van der Waals surface area contributed by atoms with Gasteiger partial charge in [-0.15, -0.1) is 16.8 Å². The zero-order valence-electron chi connectivity index (χ0n) is 18.8. The van der Waals surface area contributed by atoms with Gasteiger partial charge in [0.05, 0.1) is 27.9 Å². The van der Waals surface area contributed by atoms with E-state index in [1.54, 1.807) is 24.5 Å². The van der Waals surface area contributed by atoms with Crippen LogP contribution in [0, 0.1) is 0 Å². The van der Waals surface area contributed by atoms with E-state index < -0.39 is 10.0 Å². The highest BCUT2D eigenvalue weighted by molar-refractivity contribution is 7.98. The Morgan fingerprint density at radius 3 is 2.70 bits per heavy atom. The van der Waals surface area contributed by atoms with Crippen LogP contribution in [0.15, 0.2) is 63.7 Å². The number of sulfonamides is 1. The third-order valence-corrected chi connectivity index (χ3v) is 7.90. The normalized spacial score (nSPS) is 12.1. The van der Waals surface area contributed by atoms with Crippen LogP contribution in [0.1, 0.15) is 19.2 Å². The predicted molar refractivity (Wildman–Crippen MR) is 128 cm³/mol. The molecule has 0 amide bonds. The standard InChI is InChI=1S/C22H26N6O3S2/c1-5-11-27-18-10-9-16(33(29,30)26(3)4)14-17(18)23-20(27)15-32-22-25-24-21(28(22)12-6-2)19-8-7-13-31-19/h6-10,13-14H,2,5,11-12,15H2,1,3-4H3. The number of benzene rings is 1. The molecular formula is C22H26N6O3S2. The van der Waals surface area contributed by atoms with Crippen LogP contribution in [0.2, 0.25) is 0 Å². The molecule has 4 aromatic rings. The predicted octanol–water partition coefficient (Wildman–Crippen LogP) is 4.03. The molecule has 1 aromatic carbocycles. The fourth-order valence-corrected chi connectivity index (χ4v) is 5.34. The highest BCUT2D eigenvalue weighted by Gasteiger charge is 2.21. The van der Waals surface area contributed by atoms with Gasteiger partial charge in [0.2, 0.25) is 15.8 Å². The molecule has 0 N–H and O–H groups in total. The van der Waals surface area contributed by atoms with Crippen molar-refractivity contribution in [1.82, 2.24) is 28.6 Å². The van der Waals surface area contributed by atoms with E-state index in [2.05, 4.69) is 28.3 Å². The maximum absolute atomic E-state index is 12.6. The number of allylic oxidation sites excluding steroid dienone is 1. The summed E-state index contributed by atoms with van der Waals surface area (Å²) in [5.41, 5.74) is 1.57. The second-order valence-corrected chi connectivity index (χ2v) is 10.7. The molecule has 0 aliphatic heterocycles. The molecule has 174 valence electrons. The summed E-state index contributed by atoms with van der Waals surface area (Å²) in [6.07, 6.45) is 4.32. The van der Waals surface area contributed by atoms with Gasteiger partial charge in [0.1, 0.15) is 5.82 Å². The van der Waals surface area contributed by atoms with Gasteiger partial charge in [-0.1, -0.05) is 24.8 Å². The highest BCUT2D eigenvalue weighted by atomic mass is 32.2.